The molecule has 62 valence electrons. The number of hydrogen-bond acceptors (Lipinski definition) is 5. The minimum absolute atomic E-state index is 0.284. The molecule has 0 radical (unpaired) electrons. The molecule has 1 heterocycles. The molecule has 0 aliphatic rings. The molecule has 0 bridgehead atoms. The van der Waals surface area contributed by atoms with Gasteiger partial charge in [0.15, 0.2) is 5.03 Å². The van der Waals surface area contributed by atoms with E-state index in [0.29, 0.717) is 10.9 Å². The van der Waals surface area contributed by atoms with Gasteiger partial charge in [-0.3, -0.25) is 10.2 Å². The van der Waals surface area contributed by atoms with Crippen LogP contribution in [0.4, 0.5) is 5.95 Å². The van der Waals surface area contributed by atoms with Gasteiger partial charge in [0.25, 0.3) is 0 Å². The molecule has 0 spiro atoms. The molecule has 11 heavy (non-hydrogen) atoms. The molecule has 0 aliphatic heterocycles. The lowest BCUT2D eigenvalue weighted by Gasteiger charge is -1.94. The zero-order valence-corrected chi connectivity index (χ0v) is 7.03. The summed E-state index contributed by atoms with van der Waals surface area (Å²) in [5, 5.41) is 9.17. The highest BCUT2D eigenvalue weighted by Crippen LogP contribution is 2.25. The molecule has 5 nitrogen and oxygen atoms in total. The molecule has 0 atom stereocenters. The summed E-state index contributed by atoms with van der Waals surface area (Å²) in [6.07, 6.45) is 1.87. The van der Waals surface area contributed by atoms with Crippen molar-refractivity contribution in [2.45, 2.75) is 5.03 Å². The Kier molecular flexibility index (Phi) is 2.61. The van der Waals surface area contributed by atoms with Crippen LogP contribution >= 0.6 is 11.8 Å². The third-order valence-corrected chi connectivity index (χ3v) is 1.81. The van der Waals surface area contributed by atoms with E-state index in [4.69, 9.17) is 9.94 Å². The fourth-order valence-corrected chi connectivity index (χ4v) is 1.17. The summed E-state index contributed by atoms with van der Waals surface area (Å²) in [6.45, 7) is 0. The molecule has 1 aromatic rings. The normalized spacial score (nSPS) is 9.73. The van der Waals surface area contributed by atoms with Crippen LogP contribution < -0.4 is 10.2 Å². The van der Waals surface area contributed by atoms with E-state index in [2.05, 4.69) is 9.97 Å². The van der Waals surface area contributed by atoms with Gasteiger partial charge in [-0.15, -0.1) is 11.8 Å². The second-order valence-electron chi connectivity index (χ2n) is 1.74. The highest BCUT2D eigenvalue weighted by Gasteiger charge is 2.07. The third-order valence-electron chi connectivity index (χ3n) is 1.14. The van der Waals surface area contributed by atoms with Crippen LogP contribution in [0.3, 0.4) is 0 Å². The third kappa shape index (κ3) is 1.58. The van der Waals surface area contributed by atoms with E-state index in [-0.39, 0.29) is 5.95 Å². The first-order chi connectivity index (χ1) is 5.31. The largest absolute Gasteiger partial charge is 0.480 e. The maximum Gasteiger partial charge on any atom is 0.228 e. The molecular weight excluding hydrogens is 166 g/mol. The van der Waals surface area contributed by atoms with Crippen LogP contribution in [0.15, 0.2) is 5.03 Å². The minimum atomic E-state index is 0.284. The van der Waals surface area contributed by atoms with E-state index in [1.807, 2.05) is 11.7 Å². The van der Waals surface area contributed by atoms with Crippen LogP contribution in [0.25, 0.3) is 0 Å². The lowest BCUT2D eigenvalue weighted by Crippen LogP contribution is -1.90. The molecule has 0 fully saturated rings. The van der Waals surface area contributed by atoms with Gasteiger partial charge in [0.2, 0.25) is 11.8 Å². The van der Waals surface area contributed by atoms with Crippen molar-refractivity contribution in [3.63, 3.8) is 0 Å². The summed E-state index contributed by atoms with van der Waals surface area (Å²) in [6, 6.07) is 0. The van der Waals surface area contributed by atoms with E-state index in [0.717, 1.165) is 0 Å². The Bertz CT molecular complexity index is 216. The predicted molar refractivity (Wildman–Crippen MR) is 42.3 cm³/mol. The maximum absolute atomic E-state index is 8.46. The van der Waals surface area contributed by atoms with E-state index < -0.39 is 0 Å². The molecule has 0 unspecified atom stereocenters. The number of ether oxygens (including phenoxy) is 1. The standard InChI is InChI=1S/C5H9N3O2S/c1-10-3-4(11-2)7-5(6-3)8-9/h9H,1-2H3,(H2,6,7,8). The Labute approximate surface area is 68.1 Å². The smallest absolute Gasteiger partial charge is 0.228 e. The Balaban J connectivity index is 2.92. The van der Waals surface area contributed by atoms with Gasteiger partial charge < -0.3 is 4.74 Å². The van der Waals surface area contributed by atoms with Crippen LogP contribution in [0.1, 0.15) is 0 Å². The van der Waals surface area contributed by atoms with Crippen molar-refractivity contribution >= 4 is 17.7 Å². The number of hydrogen-bond donors (Lipinski definition) is 3. The van der Waals surface area contributed by atoms with Gasteiger partial charge in [0.1, 0.15) is 0 Å². The number of H-pyrrole nitrogens is 1. The monoisotopic (exact) mass is 175 g/mol. The maximum atomic E-state index is 8.46. The quantitative estimate of drug-likeness (QED) is 0.471. The van der Waals surface area contributed by atoms with Gasteiger partial charge in [-0.25, -0.2) is 10.5 Å². The number of anilines is 1. The molecule has 0 saturated heterocycles. The molecule has 3 N–H and O–H groups in total. The fraction of sp³-hybridized carbons (Fsp3) is 0.400. The zero-order valence-electron chi connectivity index (χ0n) is 6.21. The average molecular weight is 175 g/mol. The van der Waals surface area contributed by atoms with Crippen LogP contribution in [0, 0.1) is 0 Å². The van der Waals surface area contributed by atoms with E-state index in [9.17, 15) is 0 Å². The van der Waals surface area contributed by atoms with E-state index in [1.54, 1.807) is 0 Å². The van der Waals surface area contributed by atoms with Crippen molar-refractivity contribution in [1.29, 1.82) is 0 Å². The molecular formula is C5H9N3O2S. The minimum Gasteiger partial charge on any atom is -0.480 e. The van der Waals surface area contributed by atoms with Gasteiger partial charge in [0, 0.05) is 0 Å². The van der Waals surface area contributed by atoms with Crippen molar-refractivity contribution in [2.24, 2.45) is 0 Å². The predicted octanol–water partition coefficient (Wildman–Crippen LogP) is 0.941. The molecule has 0 amide bonds. The molecule has 0 saturated carbocycles. The van der Waals surface area contributed by atoms with Crippen LogP contribution in [0.5, 0.6) is 5.88 Å². The topological polar surface area (TPSA) is 70.2 Å². The van der Waals surface area contributed by atoms with E-state index in [1.165, 1.54) is 18.9 Å². The first kappa shape index (κ1) is 8.22. The van der Waals surface area contributed by atoms with Crippen LogP contribution in [0.2, 0.25) is 0 Å². The molecule has 0 aliphatic carbocycles. The van der Waals surface area contributed by atoms with Gasteiger partial charge in [-0.1, -0.05) is 0 Å². The lowest BCUT2D eigenvalue weighted by molar-refractivity contribution is 0.377. The van der Waals surface area contributed by atoms with Crippen molar-refractivity contribution in [3.8, 4) is 5.88 Å². The molecule has 0 aromatic carbocycles. The Morgan fingerprint density at radius 3 is 2.82 bits per heavy atom. The zero-order chi connectivity index (χ0) is 8.27. The lowest BCUT2D eigenvalue weighted by atomic mass is 10.8. The van der Waals surface area contributed by atoms with Crippen molar-refractivity contribution in [3.05, 3.63) is 0 Å². The van der Waals surface area contributed by atoms with Gasteiger partial charge >= 0.3 is 0 Å². The summed E-state index contributed by atoms with van der Waals surface area (Å²) in [7, 11) is 1.54. The van der Waals surface area contributed by atoms with Gasteiger partial charge in [-0.2, -0.15) is 0 Å². The highest BCUT2D eigenvalue weighted by molar-refractivity contribution is 7.98. The second-order valence-corrected chi connectivity index (χ2v) is 2.53. The number of rotatable bonds is 3. The average Bonchev–Trinajstić information content (AvgIpc) is 2.46. The number of nitrogens with one attached hydrogen (secondary N) is 2. The Hall–Kier alpha value is -0.880. The number of aromatic amines is 1. The Morgan fingerprint density at radius 1 is 1.73 bits per heavy atom. The van der Waals surface area contributed by atoms with Gasteiger partial charge in [-0.05, 0) is 6.26 Å². The summed E-state index contributed by atoms with van der Waals surface area (Å²) >= 11 is 1.44. The number of imidazole rings is 1. The van der Waals surface area contributed by atoms with Crippen molar-refractivity contribution in [1.82, 2.24) is 9.97 Å². The molecule has 1 rings (SSSR count). The second kappa shape index (κ2) is 3.49. The number of nitrogens with zero attached hydrogens (tertiary/aromatic N) is 1. The van der Waals surface area contributed by atoms with Crippen LogP contribution in [-0.4, -0.2) is 28.5 Å². The molecule has 6 heteroatoms. The van der Waals surface area contributed by atoms with Crippen molar-refractivity contribution < 1.29 is 9.94 Å². The fourth-order valence-electron chi connectivity index (χ4n) is 0.671. The van der Waals surface area contributed by atoms with Crippen molar-refractivity contribution in [2.75, 3.05) is 18.8 Å². The molecule has 1 aromatic heterocycles. The SMILES string of the molecule is COc1[nH]c(NO)nc1SC. The highest BCUT2D eigenvalue weighted by atomic mass is 32.2. The summed E-state index contributed by atoms with van der Waals surface area (Å²) < 4.78 is 4.93. The number of methoxy groups -OCH3 is 1. The number of aromatic nitrogens is 2. The first-order valence-corrected chi connectivity index (χ1v) is 4.12. The van der Waals surface area contributed by atoms with Gasteiger partial charge in [0.05, 0.1) is 7.11 Å². The summed E-state index contributed by atoms with van der Waals surface area (Å²) in [4.78, 5) is 6.66. The number of thioether (sulfide) groups is 1. The van der Waals surface area contributed by atoms with E-state index >= 15 is 0 Å². The first-order valence-electron chi connectivity index (χ1n) is 2.90. The Morgan fingerprint density at radius 2 is 2.45 bits per heavy atom. The summed E-state index contributed by atoms with van der Waals surface area (Å²) in [5.41, 5.74) is 1.90. The van der Waals surface area contributed by atoms with Crippen LogP contribution in [-0.2, 0) is 0 Å². The summed E-state index contributed by atoms with van der Waals surface area (Å²) in [5.74, 6) is 0.834.